The lowest BCUT2D eigenvalue weighted by Gasteiger charge is -2.21. The Balaban J connectivity index is 3.28. The second kappa shape index (κ2) is 4.70. The molecule has 1 rings (SSSR count). The summed E-state index contributed by atoms with van der Waals surface area (Å²) in [5, 5.41) is 2.72. The Hall–Kier alpha value is -1.64. The molecule has 0 bridgehead atoms. The van der Waals surface area contributed by atoms with Gasteiger partial charge in [-0.25, -0.2) is 0 Å². The van der Waals surface area contributed by atoms with Gasteiger partial charge in [-0.1, -0.05) is 20.8 Å². The van der Waals surface area contributed by atoms with E-state index < -0.39 is 0 Å². The molecule has 1 aromatic carbocycles. The van der Waals surface area contributed by atoms with E-state index >= 15 is 0 Å². The van der Waals surface area contributed by atoms with Crippen LogP contribution < -0.4 is 5.32 Å². The smallest absolute Gasteiger partial charge is 0.221 e. The van der Waals surface area contributed by atoms with Crippen molar-refractivity contribution in [2.75, 3.05) is 5.32 Å². The van der Waals surface area contributed by atoms with Crippen LogP contribution in [-0.4, -0.2) is 11.7 Å². The number of rotatable bonds is 2. The van der Waals surface area contributed by atoms with Crippen molar-refractivity contribution in [3.8, 4) is 0 Å². The average molecular weight is 233 g/mol. The van der Waals surface area contributed by atoms with E-state index in [0.29, 0.717) is 11.3 Å². The van der Waals surface area contributed by atoms with Gasteiger partial charge in [-0.3, -0.25) is 9.59 Å². The van der Waals surface area contributed by atoms with Crippen LogP contribution in [0.1, 0.15) is 50.5 Å². The number of hydrogen-bond acceptors (Lipinski definition) is 2. The third-order valence-electron chi connectivity index (χ3n) is 2.53. The highest BCUT2D eigenvalue weighted by Gasteiger charge is 2.16. The molecule has 0 aliphatic heterocycles. The summed E-state index contributed by atoms with van der Waals surface area (Å²) in [5.41, 5.74) is 2.28. The molecular weight excluding hydrogens is 214 g/mol. The first-order valence-electron chi connectivity index (χ1n) is 5.64. The normalized spacial score (nSPS) is 11.1. The van der Waals surface area contributed by atoms with Gasteiger partial charge in [0, 0.05) is 18.2 Å². The minimum atomic E-state index is -0.134. The zero-order chi connectivity index (χ0) is 13.2. The van der Waals surface area contributed by atoms with Gasteiger partial charge in [0.05, 0.1) is 0 Å². The number of carbonyl (C=O) groups is 2. The summed E-state index contributed by atoms with van der Waals surface area (Å²) in [7, 11) is 0. The van der Waals surface area contributed by atoms with Crippen molar-refractivity contribution >= 4 is 17.4 Å². The Labute approximate surface area is 102 Å². The van der Waals surface area contributed by atoms with E-state index in [1.165, 1.54) is 13.8 Å². The first-order chi connectivity index (χ1) is 7.70. The number of anilines is 1. The maximum absolute atomic E-state index is 11.4. The van der Waals surface area contributed by atoms with Crippen molar-refractivity contribution < 1.29 is 9.59 Å². The lowest BCUT2D eigenvalue weighted by molar-refractivity contribution is -0.114. The molecule has 1 amide bonds. The maximum Gasteiger partial charge on any atom is 0.221 e. The molecule has 3 heteroatoms. The lowest BCUT2D eigenvalue weighted by atomic mass is 9.85. The zero-order valence-corrected chi connectivity index (χ0v) is 11.0. The Bertz CT molecular complexity index is 456. The number of amides is 1. The van der Waals surface area contributed by atoms with E-state index in [9.17, 15) is 9.59 Å². The van der Waals surface area contributed by atoms with E-state index in [1.54, 1.807) is 6.07 Å². The van der Waals surface area contributed by atoms with Crippen molar-refractivity contribution in [2.45, 2.75) is 40.0 Å². The first-order valence-corrected chi connectivity index (χ1v) is 5.64. The Morgan fingerprint density at radius 3 is 2.06 bits per heavy atom. The topological polar surface area (TPSA) is 46.2 Å². The summed E-state index contributed by atoms with van der Waals surface area (Å²) >= 11 is 0. The van der Waals surface area contributed by atoms with E-state index in [-0.39, 0.29) is 17.1 Å². The van der Waals surface area contributed by atoms with Crippen molar-refractivity contribution in [2.24, 2.45) is 0 Å². The number of benzene rings is 1. The molecule has 0 fully saturated rings. The van der Waals surface area contributed by atoms with Gasteiger partial charge in [-0.15, -0.1) is 0 Å². The highest BCUT2D eigenvalue weighted by molar-refractivity contribution is 5.97. The van der Waals surface area contributed by atoms with Crippen LogP contribution in [-0.2, 0) is 10.2 Å². The molecule has 0 radical (unpaired) electrons. The van der Waals surface area contributed by atoms with Crippen LogP contribution in [0.3, 0.4) is 0 Å². The Kier molecular flexibility index (Phi) is 3.71. The fourth-order valence-corrected chi connectivity index (χ4v) is 1.54. The largest absolute Gasteiger partial charge is 0.326 e. The molecular formula is C14H19NO2. The molecule has 17 heavy (non-hydrogen) atoms. The standard InChI is InChI=1S/C14H19NO2/c1-9(16)11-6-12(14(3,4)5)8-13(7-11)15-10(2)17/h6-8H,1-5H3,(H,15,17). The summed E-state index contributed by atoms with van der Waals surface area (Å²) < 4.78 is 0. The molecule has 0 aliphatic rings. The van der Waals surface area contributed by atoms with E-state index in [4.69, 9.17) is 0 Å². The van der Waals surface area contributed by atoms with Crippen molar-refractivity contribution in [1.82, 2.24) is 0 Å². The lowest BCUT2D eigenvalue weighted by Crippen LogP contribution is -2.14. The first kappa shape index (κ1) is 13.4. The molecule has 1 aromatic rings. The SMILES string of the molecule is CC(=O)Nc1cc(C(C)=O)cc(C(C)(C)C)c1. The molecule has 0 saturated carbocycles. The summed E-state index contributed by atoms with van der Waals surface area (Å²) in [4.78, 5) is 22.5. The van der Waals surface area contributed by atoms with Gasteiger partial charge in [0.25, 0.3) is 0 Å². The van der Waals surface area contributed by atoms with Crippen molar-refractivity contribution in [1.29, 1.82) is 0 Å². The van der Waals surface area contributed by atoms with Crippen LogP contribution in [0.4, 0.5) is 5.69 Å². The monoisotopic (exact) mass is 233 g/mol. The van der Waals surface area contributed by atoms with Crippen LogP contribution >= 0.6 is 0 Å². The summed E-state index contributed by atoms with van der Waals surface area (Å²) in [6.07, 6.45) is 0. The van der Waals surface area contributed by atoms with Crippen LogP contribution in [0.25, 0.3) is 0 Å². The molecule has 0 saturated heterocycles. The predicted molar refractivity (Wildman–Crippen MR) is 69.5 cm³/mol. The third kappa shape index (κ3) is 3.70. The van der Waals surface area contributed by atoms with Gasteiger partial charge in [0.15, 0.2) is 5.78 Å². The second-order valence-corrected chi connectivity index (χ2v) is 5.29. The Morgan fingerprint density at radius 2 is 1.65 bits per heavy atom. The van der Waals surface area contributed by atoms with Gasteiger partial charge in [-0.2, -0.15) is 0 Å². The van der Waals surface area contributed by atoms with Crippen LogP contribution in [0.5, 0.6) is 0 Å². The molecule has 1 N–H and O–H groups in total. The van der Waals surface area contributed by atoms with Crippen LogP contribution in [0.2, 0.25) is 0 Å². The quantitative estimate of drug-likeness (QED) is 0.798. The number of carbonyl (C=O) groups excluding carboxylic acids is 2. The molecule has 92 valence electrons. The van der Waals surface area contributed by atoms with Crippen molar-refractivity contribution in [3.63, 3.8) is 0 Å². The number of ketones is 1. The average Bonchev–Trinajstić information content (AvgIpc) is 2.14. The summed E-state index contributed by atoms with van der Waals surface area (Å²) in [5.74, 6) is -0.131. The highest BCUT2D eigenvalue weighted by Crippen LogP contribution is 2.26. The number of hydrogen-bond donors (Lipinski definition) is 1. The summed E-state index contributed by atoms with van der Waals surface area (Å²) in [6.45, 7) is 9.20. The molecule has 0 aromatic heterocycles. The summed E-state index contributed by atoms with van der Waals surface area (Å²) in [6, 6.07) is 5.50. The fraction of sp³-hybridized carbons (Fsp3) is 0.429. The molecule has 0 aliphatic carbocycles. The zero-order valence-electron chi connectivity index (χ0n) is 11.0. The molecule has 3 nitrogen and oxygen atoms in total. The number of nitrogens with one attached hydrogen (secondary N) is 1. The van der Waals surface area contributed by atoms with Crippen LogP contribution in [0.15, 0.2) is 18.2 Å². The fourth-order valence-electron chi connectivity index (χ4n) is 1.54. The number of Topliss-reactive ketones (excluding diaryl/α,β-unsaturated/α-hetero) is 1. The third-order valence-corrected chi connectivity index (χ3v) is 2.53. The predicted octanol–water partition coefficient (Wildman–Crippen LogP) is 3.15. The van der Waals surface area contributed by atoms with Gasteiger partial charge in [0.2, 0.25) is 5.91 Å². The molecule has 0 atom stereocenters. The van der Waals surface area contributed by atoms with Gasteiger partial charge in [0.1, 0.15) is 0 Å². The minimum Gasteiger partial charge on any atom is -0.326 e. The van der Waals surface area contributed by atoms with Crippen LogP contribution in [0, 0.1) is 0 Å². The molecule has 0 heterocycles. The van der Waals surface area contributed by atoms with Gasteiger partial charge < -0.3 is 5.32 Å². The van der Waals surface area contributed by atoms with E-state index in [2.05, 4.69) is 26.1 Å². The molecule has 0 unspecified atom stereocenters. The second-order valence-electron chi connectivity index (χ2n) is 5.29. The highest BCUT2D eigenvalue weighted by atomic mass is 16.1. The molecule has 0 spiro atoms. The van der Waals surface area contributed by atoms with E-state index in [1.807, 2.05) is 12.1 Å². The van der Waals surface area contributed by atoms with Gasteiger partial charge >= 0.3 is 0 Å². The van der Waals surface area contributed by atoms with Gasteiger partial charge in [-0.05, 0) is 36.1 Å². The minimum absolute atomic E-state index is 0.00250. The van der Waals surface area contributed by atoms with Crippen molar-refractivity contribution in [3.05, 3.63) is 29.3 Å². The Morgan fingerprint density at radius 1 is 1.06 bits per heavy atom. The maximum atomic E-state index is 11.4. The van der Waals surface area contributed by atoms with E-state index in [0.717, 1.165) is 5.56 Å².